The molecule has 4 heteroatoms. The molecule has 0 bridgehead atoms. The molecule has 1 fully saturated rings. The Morgan fingerprint density at radius 2 is 2.42 bits per heavy atom. The molecular weight excluding hydrogens is 170 g/mol. The first kappa shape index (κ1) is 9.45. The van der Waals surface area contributed by atoms with Crippen molar-refractivity contribution in [1.29, 1.82) is 0 Å². The van der Waals surface area contributed by atoms with E-state index in [0.29, 0.717) is 5.92 Å². The summed E-state index contributed by atoms with van der Waals surface area (Å²) in [4.78, 5) is 0. The molecule has 0 amide bonds. The maximum absolute atomic E-state index is 5.27. The second kappa shape index (κ2) is 4.40. The Hall–Kier alpha value is -0.640. The summed E-state index contributed by atoms with van der Waals surface area (Å²) >= 11 is 4.66. The smallest absolute Gasteiger partial charge is 0.184 e. The predicted molar refractivity (Wildman–Crippen MR) is 55.0 cm³/mol. The Kier molecular flexibility index (Phi) is 3.47. The van der Waals surface area contributed by atoms with Crippen molar-refractivity contribution < 1.29 is 0 Å². The summed E-state index contributed by atoms with van der Waals surface area (Å²) in [5.41, 5.74) is 9.11. The average molecular weight is 185 g/mol. The van der Waals surface area contributed by atoms with Crippen molar-refractivity contribution in [2.24, 2.45) is 16.8 Å². The number of nitrogens with one attached hydrogen (secondary N) is 1. The highest BCUT2D eigenvalue weighted by Gasteiger charge is 2.15. The lowest BCUT2D eigenvalue weighted by molar-refractivity contribution is 0.555. The molecule has 1 rings (SSSR count). The summed E-state index contributed by atoms with van der Waals surface area (Å²) in [6.07, 6.45) is 4.87. The van der Waals surface area contributed by atoms with E-state index in [9.17, 15) is 0 Å². The molecule has 1 aliphatic carbocycles. The minimum Gasteiger partial charge on any atom is -0.375 e. The Morgan fingerprint density at radius 1 is 1.67 bits per heavy atom. The molecule has 0 radical (unpaired) electrons. The van der Waals surface area contributed by atoms with Crippen LogP contribution in [0.1, 0.15) is 32.6 Å². The van der Waals surface area contributed by atoms with Crippen LogP contribution in [0.5, 0.6) is 0 Å². The first-order valence-corrected chi connectivity index (χ1v) is 4.73. The summed E-state index contributed by atoms with van der Waals surface area (Å²) in [5.74, 6) is 0.584. The van der Waals surface area contributed by atoms with E-state index in [2.05, 4.69) is 29.7 Å². The van der Waals surface area contributed by atoms with Crippen LogP contribution in [-0.2, 0) is 0 Å². The predicted octanol–water partition coefficient (Wildman–Crippen LogP) is 1.39. The highest BCUT2D eigenvalue weighted by atomic mass is 32.1. The lowest BCUT2D eigenvalue weighted by atomic mass is 9.89. The number of thiocarbonyl (C=S) groups is 1. The average Bonchev–Trinajstić information content (AvgIpc) is 2.03. The van der Waals surface area contributed by atoms with E-state index in [1.54, 1.807) is 0 Å². The van der Waals surface area contributed by atoms with Gasteiger partial charge in [-0.15, -0.1) is 0 Å². The van der Waals surface area contributed by atoms with Crippen LogP contribution in [0.25, 0.3) is 0 Å². The number of hydrogen-bond donors (Lipinski definition) is 2. The monoisotopic (exact) mass is 185 g/mol. The maximum Gasteiger partial charge on any atom is 0.184 e. The second-order valence-corrected chi connectivity index (χ2v) is 3.67. The van der Waals surface area contributed by atoms with Crippen LogP contribution in [0, 0.1) is 5.92 Å². The van der Waals surface area contributed by atoms with Gasteiger partial charge in [0.25, 0.3) is 0 Å². The molecule has 0 heterocycles. The first-order valence-electron chi connectivity index (χ1n) is 4.32. The number of rotatable bonds is 1. The van der Waals surface area contributed by atoms with Crippen molar-refractivity contribution in [3.8, 4) is 0 Å². The summed E-state index contributed by atoms with van der Waals surface area (Å²) in [6.45, 7) is 2.19. The van der Waals surface area contributed by atoms with Crippen LogP contribution in [0.2, 0.25) is 0 Å². The van der Waals surface area contributed by atoms with E-state index in [-0.39, 0.29) is 5.11 Å². The molecule has 0 saturated heterocycles. The van der Waals surface area contributed by atoms with Crippen LogP contribution >= 0.6 is 12.2 Å². The molecule has 12 heavy (non-hydrogen) atoms. The third kappa shape index (κ3) is 2.77. The lowest BCUT2D eigenvalue weighted by Crippen LogP contribution is -2.28. The van der Waals surface area contributed by atoms with Gasteiger partial charge in [-0.3, -0.25) is 5.43 Å². The van der Waals surface area contributed by atoms with Crippen LogP contribution in [0.3, 0.4) is 0 Å². The Morgan fingerprint density at radius 3 is 3.00 bits per heavy atom. The standard InChI is InChI=1S/C8H15N3S/c1-6-4-2-3-5-7(6)10-11-8(9)12/h6H,2-5H2,1H3,(H3,9,11,12)/b10-7+. The highest BCUT2D eigenvalue weighted by molar-refractivity contribution is 7.80. The third-order valence-corrected chi connectivity index (χ3v) is 2.29. The Bertz CT molecular complexity index is 200. The van der Waals surface area contributed by atoms with Gasteiger partial charge < -0.3 is 5.73 Å². The summed E-state index contributed by atoms with van der Waals surface area (Å²) < 4.78 is 0. The quantitative estimate of drug-likeness (QED) is 0.479. The van der Waals surface area contributed by atoms with Crippen LogP contribution in [0.4, 0.5) is 0 Å². The molecule has 0 aromatic carbocycles. The van der Waals surface area contributed by atoms with Gasteiger partial charge in [-0.1, -0.05) is 13.3 Å². The molecule has 0 aliphatic heterocycles. The van der Waals surface area contributed by atoms with Crippen molar-refractivity contribution in [3.05, 3.63) is 0 Å². The van der Waals surface area contributed by atoms with Crippen molar-refractivity contribution >= 4 is 23.0 Å². The van der Waals surface area contributed by atoms with Gasteiger partial charge in [0.05, 0.1) is 0 Å². The molecule has 1 atom stereocenters. The summed E-state index contributed by atoms with van der Waals surface area (Å²) in [6, 6.07) is 0. The van der Waals surface area contributed by atoms with E-state index in [0.717, 1.165) is 6.42 Å². The molecule has 3 N–H and O–H groups in total. The highest BCUT2D eigenvalue weighted by Crippen LogP contribution is 2.20. The van der Waals surface area contributed by atoms with Crippen LogP contribution in [0.15, 0.2) is 5.10 Å². The largest absolute Gasteiger partial charge is 0.375 e. The summed E-state index contributed by atoms with van der Waals surface area (Å²) in [7, 11) is 0. The van der Waals surface area contributed by atoms with Gasteiger partial charge in [-0.2, -0.15) is 5.10 Å². The first-order chi connectivity index (χ1) is 5.70. The van der Waals surface area contributed by atoms with Crippen molar-refractivity contribution in [3.63, 3.8) is 0 Å². The zero-order chi connectivity index (χ0) is 8.97. The Balaban J connectivity index is 2.47. The third-order valence-electron chi connectivity index (χ3n) is 2.20. The number of hydrazone groups is 1. The van der Waals surface area contributed by atoms with Gasteiger partial charge in [0.1, 0.15) is 0 Å². The number of nitrogens with two attached hydrogens (primary N) is 1. The Labute approximate surface area is 78.4 Å². The minimum atomic E-state index is 0.250. The van der Waals surface area contributed by atoms with Crippen LogP contribution < -0.4 is 11.2 Å². The molecule has 1 saturated carbocycles. The minimum absolute atomic E-state index is 0.250. The molecule has 0 spiro atoms. The van der Waals surface area contributed by atoms with Gasteiger partial charge in [-0.25, -0.2) is 0 Å². The lowest BCUT2D eigenvalue weighted by Gasteiger charge is -2.19. The topological polar surface area (TPSA) is 50.4 Å². The second-order valence-electron chi connectivity index (χ2n) is 3.23. The van der Waals surface area contributed by atoms with Gasteiger partial charge in [0.2, 0.25) is 0 Å². The molecule has 0 aromatic rings. The van der Waals surface area contributed by atoms with E-state index >= 15 is 0 Å². The molecule has 1 unspecified atom stereocenters. The molecular formula is C8H15N3S. The zero-order valence-corrected chi connectivity index (χ0v) is 8.16. The van der Waals surface area contributed by atoms with Crippen LogP contribution in [-0.4, -0.2) is 10.8 Å². The van der Waals surface area contributed by atoms with Crippen molar-refractivity contribution in [2.75, 3.05) is 0 Å². The summed E-state index contributed by atoms with van der Waals surface area (Å²) in [5, 5.41) is 4.41. The number of nitrogens with zero attached hydrogens (tertiary/aromatic N) is 1. The van der Waals surface area contributed by atoms with E-state index in [4.69, 9.17) is 5.73 Å². The van der Waals surface area contributed by atoms with E-state index in [1.165, 1.54) is 25.0 Å². The molecule has 1 aliphatic rings. The fourth-order valence-corrected chi connectivity index (χ4v) is 1.51. The van der Waals surface area contributed by atoms with Gasteiger partial charge in [-0.05, 0) is 37.4 Å². The van der Waals surface area contributed by atoms with Gasteiger partial charge >= 0.3 is 0 Å². The van der Waals surface area contributed by atoms with Gasteiger partial charge in [0.15, 0.2) is 5.11 Å². The SMILES string of the molecule is CC1CCCC/C1=N\NC(N)=S. The fourth-order valence-electron chi connectivity index (χ4n) is 1.46. The van der Waals surface area contributed by atoms with Crippen molar-refractivity contribution in [2.45, 2.75) is 32.6 Å². The molecule has 0 aromatic heterocycles. The molecule has 68 valence electrons. The van der Waals surface area contributed by atoms with E-state index in [1.807, 2.05) is 0 Å². The fraction of sp³-hybridized carbons (Fsp3) is 0.750. The maximum atomic E-state index is 5.27. The van der Waals surface area contributed by atoms with Crippen molar-refractivity contribution in [1.82, 2.24) is 5.43 Å². The number of hydrogen-bond acceptors (Lipinski definition) is 2. The molecule has 3 nitrogen and oxygen atoms in total. The zero-order valence-electron chi connectivity index (χ0n) is 7.34. The van der Waals surface area contributed by atoms with E-state index < -0.39 is 0 Å². The normalized spacial score (nSPS) is 27.1. The van der Waals surface area contributed by atoms with Gasteiger partial charge in [0, 0.05) is 5.71 Å².